The molecule has 0 radical (unpaired) electrons. The lowest BCUT2D eigenvalue weighted by Crippen LogP contribution is -1.81. The summed E-state index contributed by atoms with van der Waals surface area (Å²) in [5.41, 5.74) is 6.02. The van der Waals surface area contributed by atoms with Gasteiger partial charge in [-0.25, -0.2) is 15.0 Å². The van der Waals surface area contributed by atoms with Gasteiger partial charge in [-0.2, -0.15) is 0 Å². The second-order valence-electron chi connectivity index (χ2n) is 1.87. The Balaban J connectivity index is 2.90. The summed E-state index contributed by atoms with van der Waals surface area (Å²) in [5, 5.41) is 0.811. The summed E-state index contributed by atoms with van der Waals surface area (Å²) in [6, 6.07) is 0. The molecular weight excluding hydrogens is 184 g/mol. The molecule has 2 heterocycles. The molecule has 0 aliphatic rings. The molecule has 0 bridgehead atoms. The zero-order chi connectivity index (χ0) is 7.84. The van der Waals surface area contributed by atoms with E-state index in [1.54, 1.807) is 0 Å². The number of nitrogens with zero attached hydrogens (tertiary/aromatic N) is 3. The molecule has 0 spiro atoms. The van der Waals surface area contributed by atoms with E-state index < -0.39 is 0 Å². The lowest BCUT2D eigenvalue weighted by Gasteiger charge is -1.86. The second kappa shape index (κ2) is 2.28. The average molecular weight is 187 g/mol. The van der Waals surface area contributed by atoms with E-state index >= 15 is 0 Å². The quantitative estimate of drug-likeness (QED) is 0.631. The van der Waals surface area contributed by atoms with Gasteiger partial charge in [0, 0.05) is 0 Å². The van der Waals surface area contributed by atoms with E-state index in [2.05, 4.69) is 15.0 Å². The van der Waals surface area contributed by atoms with Crippen LogP contribution in [0, 0.1) is 0 Å². The first-order chi connectivity index (χ1) is 5.27. The largest absolute Gasteiger partial charge is 0.375 e. The first-order valence-corrected chi connectivity index (χ1v) is 3.99. The first-order valence-electron chi connectivity index (χ1n) is 2.80. The summed E-state index contributed by atoms with van der Waals surface area (Å²) in [7, 11) is 0. The van der Waals surface area contributed by atoms with Crippen LogP contribution in [0.2, 0.25) is 5.15 Å². The van der Waals surface area contributed by atoms with Crippen LogP contribution < -0.4 is 5.73 Å². The predicted octanol–water partition coefficient (Wildman–Crippen LogP) is 1.32. The van der Waals surface area contributed by atoms with E-state index in [-0.39, 0.29) is 0 Å². The van der Waals surface area contributed by atoms with E-state index in [0.717, 1.165) is 4.83 Å². The van der Waals surface area contributed by atoms with E-state index in [1.165, 1.54) is 17.7 Å². The van der Waals surface area contributed by atoms with Crippen molar-refractivity contribution in [2.75, 3.05) is 5.73 Å². The summed E-state index contributed by atoms with van der Waals surface area (Å²) in [6.07, 6.45) is 1.39. The monoisotopic (exact) mass is 186 g/mol. The molecule has 56 valence electrons. The number of anilines is 1. The molecule has 2 aromatic rings. The van der Waals surface area contributed by atoms with Gasteiger partial charge in [-0.05, 0) is 0 Å². The topological polar surface area (TPSA) is 64.7 Å². The number of hydrogen-bond donors (Lipinski definition) is 1. The lowest BCUT2D eigenvalue weighted by atomic mass is 10.6. The second-order valence-corrected chi connectivity index (χ2v) is 3.24. The highest BCUT2D eigenvalue weighted by Gasteiger charge is 2.05. The van der Waals surface area contributed by atoms with Crippen LogP contribution in [-0.4, -0.2) is 15.0 Å². The van der Waals surface area contributed by atoms with Gasteiger partial charge in [-0.15, -0.1) is 0 Å². The number of aromatic nitrogens is 3. The first kappa shape index (κ1) is 6.75. The van der Waals surface area contributed by atoms with Crippen LogP contribution in [0.3, 0.4) is 0 Å². The number of rotatable bonds is 0. The third-order valence-electron chi connectivity index (χ3n) is 1.17. The van der Waals surface area contributed by atoms with Crippen LogP contribution in [0.1, 0.15) is 0 Å². The molecule has 0 fully saturated rings. The molecule has 4 nitrogen and oxygen atoms in total. The summed E-state index contributed by atoms with van der Waals surface area (Å²) in [5.74, 6) is 0. The molecule has 0 aliphatic carbocycles. The van der Waals surface area contributed by atoms with E-state index in [0.29, 0.717) is 15.8 Å². The number of nitrogens with two attached hydrogens (primary N) is 1. The van der Waals surface area contributed by atoms with E-state index in [1.807, 2.05) is 0 Å². The fourth-order valence-electron chi connectivity index (χ4n) is 0.743. The van der Waals surface area contributed by atoms with Gasteiger partial charge in [0.15, 0.2) is 10.3 Å². The van der Waals surface area contributed by atoms with Gasteiger partial charge in [0.2, 0.25) is 0 Å². The van der Waals surface area contributed by atoms with Gasteiger partial charge in [0.05, 0.1) is 0 Å². The molecule has 0 saturated heterocycles. The van der Waals surface area contributed by atoms with E-state index in [9.17, 15) is 0 Å². The molecule has 6 heteroatoms. The fraction of sp³-hybridized carbons (Fsp3) is 0. The van der Waals surface area contributed by atoms with Crippen molar-refractivity contribution in [3.8, 4) is 0 Å². The van der Waals surface area contributed by atoms with Crippen LogP contribution in [0.5, 0.6) is 0 Å². The molecule has 0 atom stereocenters. The number of hydrogen-bond acceptors (Lipinski definition) is 5. The van der Waals surface area contributed by atoms with Gasteiger partial charge in [0.25, 0.3) is 0 Å². The Kier molecular flexibility index (Phi) is 1.40. The highest BCUT2D eigenvalue weighted by atomic mass is 35.5. The molecule has 0 saturated carbocycles. The molecule has 0 aromatic carbocycles. The minimum absolute atomic E-state index is 0.350. The minimum Gasteiger partial charge on any atom is -0.375 e. The maximum atomic E-state index is 5.71. The molecule has 2 N–H and O–H groups in total. The Morgan fingerprint density at radius 1 is 1.45 bits per heavy atom. The van der Waals surface area contributed by atoms with Crippen LogP contribution in [0.25, 0.3) is 10.3 Å². The molecule has 2 rings (SSSR count). The van der Waals surface area contributed by atoms with Gasteiger partial charge in [-0.3, -0.25) is 0 Å². The summed E-state index contributed by atoms with van der Waals surface area (Å²) >= 11 is 7.01. The van der Waals surface area contributed by atoms with Crippen LogP contribution in [0.15, 0.2) is 6.33 Å². The highest BCUT2D eigenvalue weighted by Crippen LogP contribution is 2.24. The molecular formula is C5H3ClN4S. The molecule has 0 amide bonds. The molecule has 2 aromatic heterocycles. The summed E-state index contributed by atoms with van der Waals surface area (Å²) < 4.78 is 0. The summed E-state index contributed by atoms with van der Waals surface area (Å²) in [4.78, 5) is 12.4. The van der Waals surface area contributed by atoms with E-state index in [4.69, 9.17) is 17.3 Å². The van der Waals surface area contributed by atoms with Gasteiger partial charge < -0.3 is 5.73 Å². The zero-order valence-electron chi connectivity index (χ0n) is 5.28. The third-order valence-corrected chi connectivity index (χ3v) is 2.24. The van der Waals surface area contributed by atoms with Crippen LogP contribution in [0.4, 0.5) is 5.13 Å². The van der Waals surface area contributed by atoms with Crippen molar-refractivity contribution < 1.29 is 0 Å². The molecule has 0 aliphatic heterocycles. The van der Waals surface area contributed by atoms with Gasteiger partial charge >= 0.3 is 0 Å². The number of fused-ring (bicyclic) bond motifs is 1. The minimum atomic E-state index is 0.350. The maximum absolute atomic E-state index is 5.71. The van der Waals surface area contributed by atoms with Crippen molar-refractivity contribution >= 4 is 38.4 Å². The van der Waals surface area contributed by atoms with Crippen LogP contribution in [-0.2, 0) is 0 Å². The van der Waals surface area contributed by atoms with Crippen molar-refractivity contribution in [3.63, 3.8) is 0 Å². The van der Waals surface area contributed by atoms with Crippen molar-refractivity contribution in [2.24, 2.45) is 0 Å². The van der Waals surface area contributed by atoms with Crippen molar-refractivity contribution in [1.29, 1.82) is 0 Å². The molecule has 11 heavy (non-hydrogen) atoms. The Morgan fingerprint density at radius 2 is 2.27 bits per heavy atom. The standard InChI is InChI=1S/C5H3ClN4S/c6-3-2-4(9-1-8-3)11-5(7)10-2/h1H,(H2,7,10). The lowest BCUT2D eigenvalue weighted by molar-refractivity contribution is 1.22. The zero-order valence-corrected chi connectivity index (χ0v) is 6.85. The Labute approximate surface area is 71.1 Å². The Hall–Kier alpha value is -0.940. The van der Waals surface area contributed by atoms with Crippen molar-refractivity contribution in [3.05, 3.63) is 11.5 Å². The fourth-order valence-corrected chi connectivity index (χ4v) is 1.65. The SMILES string of the molecule is Nc1nc2c(Cl)ncnc2s1. The maximum Gasteiger partial charge on any atom is 0.182 e. The Bertz CT molecular complexity index is 398. The average Bonchev–Trinajstić information content (AvgIpc) is 2.31. The smallest absolute Gasteiger partial charge is 0.182 e. The highest BCUT2D eigenvalue weighted by molar-refractivity contribution is 7.21. The third kappa shape index (κ3) is 1.02. The van der Waals surface area contributed by atoms with Crippen LogP contribution >= 0.6 is 22.9 Å². The number of thiazole rings is 1. The van der Waals surface area contributed by atoms with Gasteiger partial charge in [-0.1, -0.05) is 22.9 Å². The van der Waals surface area contributed by atoms with Crippen molar-refractivity contribution in [2.45, 2.75) is 0 Å². The number of nitrogen functional groups attached to an aromatic ring is 1. The van der Waals surface area contributed by atoms with Gasteiger partial charge in [0.1, 0.15) is 16.7 Å². The normalized spacial score (nSPS) is 10.6. The predicted molar refractivity (Wildman–Crippen MR) is 44.6 cm³/mol. The summed E-state index contributed by atoms with van der Waals surface area (Å²) in [6.45, 7) is 0. The molecule has 0 unspecified atom stereocenters. The van der Waals surface area contributed by atoms with Crippen molar-refractivity contribution in [1.82, 2.24) is 15.0 Å². The Morgan fingerprint density at radius 3 is 3.00 bits per heavy atom. The number of halogens is 1.